The Bertz CT molecular complexity index is 566. The van der Waals surface area contributed by atoms with Gasteiger partial charge in [0.25, 0.3) is 11.8 Å². The fourth-order valence-electron chi connectivity index (χ4n) is 3.23. The predicted molar refractivity (Wildman–Crippen MR) is 106 cm³/mol. The van der Waals surface area contributed by atoms with Gasteiger partial charge in [0.05, 0.1) is 7.05 Å². The summed E-state index contributed by atoms with van der Waals surface area (Å²) in [6.07, 6.45) is 6.05. The van der Waals surface area contributed by atoms with Gasteiger partial charge < -0.3 is 20.4 Å². The topological polar surface area (TPSA) is 65.9 Å². The minimum absolute atomic E-state index is 0.0149. The molecule has 2 amide bonds. The molecule has 6 nitrogen and oxygen atoms in total. The number of anilines is 2. The molecule has 1 atom stereocenters. The fraction of sp³-hybridized carbons (Fsp3) is 0.600. The zero-order valence-corrected chi connectivity index (χ0v) is 16.1. The summed E-state index contributed by atoms with van der Waals surface area (Å²) in [5.74, 6) is -0.0905. The maximum atomic E-state index is 12.2. The number of hydrogen-bond donors (Lipinski definition) is 3. The number of nitrogens with zero attached hydrogens (tertiary/aromatic N) is 1. The first-order chi connectivity index (χ1) is 12.6. The van der Waals surface area contributed by atoms with Gasteiger partial charge in [-0.1, -0.05) is 19.8 Å². The second-order valence-electron chi connectivity index (χ2n) is 7.16. The highest BCUT2D eigenvalue weighted by Crippen LogP contribution is 2.21. The zero-order valence-electron chi connectivity index (χ0n) is 16.1. The summed E-state index contributed by atoms with van der Waals surface area (Å²) in [6.45, 7) is 5.50. The van der Waals surface area contributed by atoms with E-state index in [9.17, 15) is 9.59 Å². The normalized spacial score (nSPS) is 15.8. The van der Waals surface area contributed by atoms with Gasteiger partial charge in [0.15, 0.2) is 13.1 Å². The van der Waals surface area contributed by atoms with Crippen LogP contribution in [0.4, 0.5) is 11.4 Å². The van der Waals surface area contributed by atoms with E-state index in [-0.39, 0.29) is 18.4 Å². The lowest BCUT2D eigenvalue weighted by Crippen LogP contribution is -3.11. The van der Waals surface area contributed by atoms with Crippen LogP contribution in [0.25, 0.3) is 0 Å². The van der Waals surface area contributed by atoms with Crippen LogP contribution in [0.3, 0.4) is 0 Å². The van der Waals surface area contributed by atoms with Gasteiger partial charge >= 0.3 is 0 Å². The molecule has 0 saturated carbocycles. The lowest BCUT2D eigenvalue weighted by atomic mass is 10.2. The Balaban J connectivity index is 1.78. The van der Waals surface area contributed by atoms with E-state index < -0.39 is 0 Å². The quantitative estimate of drug-likeness (QED) is 0.648. The Morgan fingerprint density at radius 2 is 1.62 bits per heavy atom. The number of quaternary nitrogens is 1. The van der Waals surface area contributed by atoms with Crippen molar-refractivity contribution in [2.45, 2.75) is 39.0 Å². The first-order valence-corrected chi connectivity index (χ1v) is 9.81. The van der Waals surface area contributed by atoms with E-state index in [0.29, 0.717) is 13.1 Å². The monoisotopic (exact) mass is 361 g/mol. The molecule has 0 aliphatic carbocycles. The minimum Gasteiger partial charge on any atom is -0.372 e. The van der Waals surface area contributed by atoms with Crippen LogP contribution in [0, 0.1) is 0 Å². The Labute approximate surface area is 156 Å². The molecule has 1 fully saturated rings. The number of carbonyl (C=O) groups is 2. The Morgan fingerprint density at radius 1 is 1.00 bits per heavy atom. The second-order valence-corrected chi connectivity index (χ2v) is 7.16. The van der Waals surface area contributed by atoms with E-state index in [0.717, 1.165) is 30.1 Å². The molecule has 3 N–H and O–H groups in total. The second kappa shape index (κ2) is 10.8. The highest BCUT2D eigenvalue weighted by atomic mass is 16.2. The van der Waals surface area contributed by atoms with Crippen molar-refractivity contribution in [1.82, 2.24) is 5.32 Å². The van der Waals surface area contributed by atoms with Gasteiger partial charge in [0.1, 0.15) is 0 Å². The molecule has 1 saturated heterocycles. The SMILES string of the molecule is CCCNC(=O)C[NH+](C)CC(=O)Nc1ccc(N2CCCCCC2)cc1. The van der Waals surface area contributed by atoms with Crippen molar-refractivity contribution >= 4 is 23.2 Å². The number of rotatable bonds is 8. The van der Waals surface area contributed by atoms with Crippen LogP contribution >= 0.6 is 0 Å². The Morgan fingerprint density at radius 3 is 2.23 bits per heavy atom. The summed E-state index contributed by atoms with van der Waals surface area (Å²) in [4.78, 5) is 27.2. The zero-order chi connectivity index (χ0) is 18.8. The molecule has 26 heavy (non-hydrogen) atoms. The maximum absolute atomic E-state index is 12.2. The molecular formula is C20H33N4O2+. The molecule has 1 aliphatic heterocycles. The van der Waals surface area contributed by atoms with E-state index in [2.05, 4.69) is 27.7 Å². The van der Waals surface area contributed by atoms with Crippen molar-refractivity contribution in [3.05, 3.63) is 24.3 Å². The molecule has 0 bridgehead atoms. The molecule has 1 aromatic rings. The summed E-state index contributed by atoms with van der Waals surface area (Å²) in [7, 11) is 1.85. The maximum Gasteiger partial charge on any atom is 0.279 e. The average molecular weight is 362 g/mol. The molecule has 6 heteroatoms. The number of nitrogens with one attached hydrogen (secondary N) is 3. The van der Waals surface area contributed by atoms with Gasteiger partial charge in [0.2, 0.25) is 0 Å². The number of benzene rings is 1. The molecule has 1 aliphatic rings. The summed E-state index contributed by atoms with van der Waals surface area (Å²) >= 11 is 0. The lowest BCUT2D eigenvalue weighted by molar-refractivity contribution is -0.862. The lowest BCUT2D eigenvalue weighted by Gasteiger charge is -2.22. The summed E-state index contributed by atoms with van der Waals surface area (Å²) in [5.41, 5.74) is 2.03. The van der Waals surface area contributed by atoms with Gasteiger partial charge in [-0.25, -0.2) is 0 Å². The van der Waals surface area contributed by atoms with Crippen LogP contribution < -0.4 is 20.4 Å². The molecule has 0 radical (unpaired) electrons. The standard InChI is InChI=1S/C20H32N4O2/c1-3-12-21-19(25)15-23(2)16-20(26)22-17-8-10-18(11-9-17)24-13-6-4-5-7-14-24/h8-11H,3-7,12-16H2,1-2H3,(H,21,25)(H,22,26)/p+1. The van der Waals surface area contributed by atoms with E-state index in [1.54, 1.807) is 0 Å². The van der Waals surface area contributed by atoms with Crippen LogP contribution in [0.15, 0.2) is 24.3 Å². The minimum atomic E-state index is -0.0756. The van der Waals surface area contributed by atoms with Crippen molar-refractivity contribution in [1.29, 1.82) is 0 Å². The van der Waals surface area contributed by atoms with Crippen molar-refractivity contribution in [3.63, 3.8) is 0 Å². The third kappa shape index (κ3) is 7.04. The van der Waals surface area contributed by atoms with Crippen LogP contribution in [0.5, 0.6) is 0 Å². The molecule has 144 valence electrons. The molecular weight excluding hydrogens is 328 g/mol. The van der Waals surface area contributed by atoms with Gasteiger partial charge in [-0.3, -0.25) is 9.59 Å². The highest BCUT2D eigenvalue weighted by Gasteiger charge is 2.14. The van der Waals surface area contributed by atoms with E-state index in [1.165, 1.54) is 31.4 Å². The summed E-state index contributed by atoms with van der Waals surface area (Å²) in [6, 6.07) is 8.08. The van der Waals surface area contributed by atoms with Gasteiger partial charge in [0, 0.05) is 31.0 Å². The van der Waals surface area contributed by atoms with Gasteiger partial charge in [-0.15, -0.1) is 0 Å². The van der Waals surface area contributed by atoms with Crippen LogP contribution in [0.1, 0.15) is 39.0 Å². The number of likely N-dealkylation sites (N-methyl/N-ethyl adjacent to an activating group) is 1. The third-order valence-corrected chi connectivity index (χ3v) is 4.62. The van der Waals surface area contributed by atoms with Gasteiger partial charge in [-0.05, 0) is 43.5 Å². The van der Waals surface area contributed by atoms with Gasteiger partial charge in [-0.2, -0.15) is 0 Å². The van der Waals surface area contributed by atoms with Crippen molar-refractivity contribution < 1.29 is 14.5 Å². The molecule has 1 heterocycles. The predicted octanol–water partition coefficient (Wildman–Crippen LogP) is 1.05. The number of hydrogen-bond acceptors (Lipinski definition) is 3. The van der Waals surface area contributed by atoms with Crippen LogP contribution in [-0.2, 0) is 9.59 Å². The van der Waals surface area contributed by atoms with Crippen LogP contribution in [0.2, 0.25) is 0 Å². The van der Waals surface area contributed by atoms with Crippen LogP contribution in [-0.4, -0.2) is 51.6 Å². The first kappa shape index (κ1) is 20.2. The molecule has 0 spiro atoms. The van der Waals surface area contributed by atoms with E-state index in [4.69, 9.17) is 0 Å². The third-order valence-electron chi connectivity index (χ3n) is 4.62. The van der Waals surface area contributed by atoms with E-state index >= 15 is 0 Å². The fourth-order valence-corrected chi connectivity index (χ4v) is 3.23. The van der Waals surface area contributed by atoms with Crippen molar-refractivity contribution in [2.75, 3.05) is 50.0 Å². The highest BCUT2D eigenvalue weighted by molar-refractivity contribution is 5.91. The van der Waals surface area contributed by atoms with Crippen molar-refractivity contribution in [2.24, 2.45) is 0 Å². The first-order valence-electron chi connectivity index (χ1n) is 9.81. The number of carbonyl (C=O) groups excluding carboxylic acids is 2. The summed E-state index contributed by atoms with van der Waals surface area (Å²) < 4.78 is 0. The molecule has 1 unspecified atom stereocenters. The largest absolute Gasteiger partial charge is 0.372 e. The average Bonchev–Trinajstić information content (AvgIpc) is 2.89. The van der Waals surface area contributed by atoms with Crippen molar-refractivity contribution in [3.8, 4) is 0 Å². The smallest absolute Gasteiger partial charge is 0.279 e. The van der Waals surface area contributed by atoms with E-state index in [1.807, 2.05) is 26.1 Å². The molecule has 1 aromatic carbocycles. The summed E-state index contributed by atoms with van der Waals surface area (Å²) in [5, 5.41) is 5.75. The Hall–Kier alpha value is -2.08. The molecule has 2 rings (SSSR count). The number of amides is 2. The Kier molecular flexibility index (Phi) is 8.41. The molecule has 0 aromatic heterocycles.